The van der Waals surface area contributed by atoms with Gasteiger partial charge in [0.1, 0.15) is 12.1 Å². The van der Waals surface area contributed by atoms with Crippen LogP contribution in [-0.2, 0) is 17.9 Å². The molecule has 1 aliphatic carbocycles. The fourth-order valence-electron chi connectivity index (χ4n) is 4.68. The Kier molecular flexibility index (Phi) is 8.06. The van der Waals surface area contributed by atoms with E-state index in [4.69, 9.17) is 4.98 Å². The number of imidazole rings is 1. The van der Waals surface area contributed by atoms with Gasteiger partial charge in [-0.05, 0) is 45.5 Å². The van der Waals surface area contributed by atoms with Crippen molar-refractivity contribution in [3.05, 3.63) is 23.3 Å². The van der Waals surface area contributed by atoms with Crippen molar-refractivity contribution in [2.24, 2.45) is 11.3 Å². The molecule has 0 aromatic carbocycles. The summed E-state index contributed by atoms with van der Waals surface area (Å²) in [5, 5.41) is 6.16. The lowest BCUT2D eigenvalue weighted by atomic mass is 9.86. The monoisotopic (exact) mass is 429 g/mol. The van der Waals surface area contributed by atoms with Gasteiger partial charge in [-0.3, -0.25) is 4.79 Å². The van der Waals surface area contributed by atoms with Crippen LogP contribution in [0.15, 0.2) is 6.08 Å². The Bertz CT molecular complexity index is 792. The maximum absolute atomic E-state index is 13.3. The second-order valence-corrected chi connectivity index (χ2v) is 9.82. The van der Waals surface area contributed by atoms with E-state index < -0.39 is 5.41 Å². The number of aromatic nitrogens is 2. The summed E-state index contributed by atoms with van der Waals surface area (Å²) in [6.45, 7) is 6.76. The number of hydrogen-bond acceptors (Lipinski definition) is 5. The van der Waals surface area contributed by atoms with Gasteiger partial charge in [0.15, 0.2) is 5.69 Å². The topological polar surface area (TPSA) is 79.3 Å². The van der Waals surface area contributed by atoms with E-state index >= 15 is 0 Å². The molecule has 1 saturated carbocycles. The summed E-state index contributed by atoms with van der Waals surface area (Å²) >= 11 is 0. The first-order valence-electron chi connectivity index (χ1n) is 11.7. The normalized spacial score (nSPS) is 19.4. The minimum absolute atomic E-state index is 0.204. The Morgan fingerprint density at radius 1 is 1.26 bits per heavy atom. The molecule has 1 atom stereocenters. The summed E-state index contributed by atoms with van der Waals surface area (Å²) in [5.74, 6) is 1.45. The van der Waals surface area contributed by atoms with Crippen molar-refractivity contribution >= 4 is 18.3 Å². The van der Waals surface area contributed by atoms with E-state index in [0.29, 0.717) is 18.8 Å². The molecule has 0 unspecified atom stereocenters. The van der Waals surface area contributed by atoms with E-state index in [1.165, 1.54) is 25.7 Å². The average molecular weight is 430 g/mol. The number of carbonyl (C=O) groups is 2. The first-order valence-corrected chi connectivity index (χ1v) is 11.7. The molecule has 1 fully saturated rings. The van der Waals surface area contributed by atoms with E-state index in [0.717, 1.165) is 49.7 Å². The van der Waals surface area contributed by atoms with Crippen LogP contribution in [-0.4, -0.2) is 59.9 Å². The third-order valence-electron chi connectivity index (χ3n) is 6.78. The first-order chi connectivity index (χ1) is 14.9. The number of rotatable bonds is 9. The molecule has 1 aromatic rings. The zero-order valence-corrected chi connectivity index (χ0v) is 19.6. The van der Waals surface area contributed by atoms with Crippen LogP contribution in [0.4, 0.5) is 0 Å². The van der Waals surface area contributed by atoms with Crippen molar-refractivity contribution in [3.8, 4) is 0 Å². The van der Waals surface area contributed by atoms with Gasteiger partial charge in [-0.1, -0.05) is 45.6 Å². The molecule has 0 bridgehead atoms. The van der Waals surface area contributed by atoms with Crippen molar-refractivity contribution in [2.45, 2.75) is 71.5 Å². The standard InChI is InChI=1S/C24H39N5O2/c1-24(2,17-30)20(15-25-3)26-23(31)22-19-16-28(4)13-8-14-29(19)21(27-22)12-7-11-18-9-5-6-10-18/h7,12,17-18,20,25H,5-6,8-11,13-16H2,1-4H3,(H,26,31)/t20-/m1/s1. The number of amides is 1. The minimum Gasteiger partial charge on any atom is -0.346 e. The molecule has 1 amide bonds. The minimum atomic E-state index is -0.670. The SMILES string of the molecule is CNC[C@@H](NC(=O)c1nc(C=CCC2CCCC2)n2c1CN(C)CCC2)C(C)(C)C=O. The van der Waals surface area contributed by atoms with Crippen molar-refractivity contribution in [3.63, 3.8) is 0 Å². The highest BCUT2D eigenvalue weighted by atomic mass is 16.2. The predicted molar refractivity (Wildman–Crippen MR) is 124 cm³/mol. The van der Waals surface area contributed by atoms with Gasteiger partial charge in [0, 0.05) is 25.0 Å². The summed E-state index contributed by atoms with van der Waals surface area (Å²) in [4.78, 5) is 31.9. The van der Waals surface area contributed by atoms with Crippen LogP contribution in [0.25, 0.3) is 6.08 Å². The van der Waals surface area contributed by atoms with Gasteiger partial charge in [0.2, 0.25) is 0 Å². The molecule has 1 aromatic heterocycles. The smallest absolute Gasteiger partial charge is 0.272 e. The summed E-state index contributed by atoms with van der Waals surface area (Å²) in [6, 6.07) is -0.315. The van der Waals surface area contributed by atoms with Gasteiger partial charge in [-0.15, -0.1) is 0 Å². The molecule has 2 heterocycles. The Labute approximate surface area is 186 Å². The number of fused-ring (bicyclic) bond motifs is 1. The lowest BCUT2D eigenvalue weighted by molar-refractivity contribution is -0.115. The number of likely N-dealkylation sites (N-methyl/N-ethyl adjacent to an activating group) is 1. The molecule has 2 aliphatic rings. The quantitative estimate of drug-likeness (QED) is 0.590. The van der Waals surface area contributed by atoms with Gasteiger partial charge in [0.25, 0.3) is 5.91 Å². The third-order valence-corrected chi connectivity index (χ3v) is 6.78. The average Bonchev–Trinajstić information content (AvgIpc) is 3.32. The van der Waals surface area contributed by atoms with Crippen molar-refractivity contribution in [1.82, 2.24) is 25.1 Å². The number of nitrogens with one attached hydrogen (secondary N) is 2. The van der Waals surface area contributed by atoms with E-state index in [-0.39, 0.29) is 11.9 Å². The van der Waals surface area contributed by atoms with Crippen LogP contribution < -0.4 is 10.6 Å². The molecule has 0 radical (unpaired) electrons. The Morgan fingerprint density at radius 2 is 2.00 bits per heavy atom. The van der Waals surface area contributed by atoms with Crippen LogP contribution in [0.5, 0.6) is 0 Å². The van der Waals surface area contributed by atoms with E-state index in [9.17, 15) is 9.59 Å². The van der Waals surface area contributed by atoms with Crippen LogP contribution in [0.2, 0.25) is 0 Å². The molecule has 7 nitrogen and oxygen atoms in total. The van der Waals surface area contributed by atoms with Gasteiger partial charge >= 0.3 is 0 Å². The molecular formula is C24H39N5O2. The highest BCUT2D eigenvalue weighted by molar-refractivity contribution is 5.94. The fraction of sp³-hybridized carbons (Fsp3) is 0.708. The van der Waals surface area contributed by atoms with Crippen LogP contribution in [0.3, 0.4) is 0 Å². The summed E-state index contributed by atoms with van der Waals surface area (Å²) in [6.07, 6.45) is 12.7. The zero-order chi connectivity index (χ0) is 22.4. The van der Waals surface area contributed by atoms with Gasteiger partial charge < -0.3 is 24.9 Å². The Morgan fingerprint density at radius 3 is 2.68 bits per heavy atom. The maximum atomic E-state index is 13.3. The molecule has 3 rings (SSSR count). The van der Waals surface area contributed by atoms with E-state index in [2.05, 4.69) is 39.3 Å². The maximum Gasteiger partial charge on any atom is 0.272 e. The number of hydrogen-bond donors (Lipinski definition) is 2. The Balaban J connectivity index is 1.85. The number of allylic oxidation sites excluding steroid dienone is 1. The molecule has 1 aliphatic heterocycles. The van der Waals surface area contributed by atoms with Gasteiger partial charge in [-0.25, -0.2) is 4.98 Å². The fourth-order valence-corrected chi connectivity index (χ4v) is 4.68. The predicted octanol–water partition coefficient (Wildman–Crippen LogP) is 2.86. The summed E-state index contributed by atoms with van der Waals surface area (Å²) in [7, 11) is 3.91. The van der Waals surface area contributed by atoms with Crippen LogP contribution in [0.1, 0.15) is 74.4 Å². The highest BCUT2D eigenvalue weighted by Gasteiger charge is 2.32. The molecule has 172 valence electrons. The zero-order valence-electron chi connectivity index (χ0n) is 19.6. The lowest BCUT2D eigenvalue weighted by Crippen LogP contribution is -2.51. The summed E-state index contributed by atoms with van der Waals surface area (Å²) in [5.41, 5.74) is 0.776. The molecule has 2 N–H and O–H groups in total. The third kappa shape index (κ3) is 5.83. The molecule has 0 spiro atoms. The van der Waals surface area contributed by atoms with E-state index in [1.807, 2.05) is 20.9 Å². The van der Waals surface area contributed by atoms with Crippen molar-refractivity contribution in [2.75, 3.05) is 27.2 Å². The lowest BCUT2D eigenvalue weighted by Gasteiger charge is -2.30. The first kappa shape index (κ1) is 23.7. The molecule has 31 heavy (non-hydrogen) atoms. The number of carbonyl (C=O) groups excluding carboxylic acids is 2. The van der Waals surface area contributed by atoms with Gasteiger partial charge in [-0.2, -0.15) is 0 Å². The molecule has 7 heteroatoms. The molecular weight excluding hydrogens is 390 g/mol. The van der Waals surface area contributed by atoms with Crippen molar-refractivity contribution in [1.29, 1.82) is 0 Å². The van der Waals surface area contributed by atoms with E-state index in [1.54, 1.807) is 0 Å². The summed E-state index contributed by atoms with van der Waals surface area (Å²) < 4.78 is 2.21. The van der Waals surface area contributed by atoms with Crippen molar-refractivity contribution < 1.29 is 9.59 Å². The largest absolute Gasteiger partial charge is 0.346 e. The van der Waals surface area contributed by atoms with Crippen LogP contribution >= 0.6 is 0 Å². The number of aldehydes is 1. The second-order valence-electron chi connectivity index (χ2n) is 9.82. The van der Waals surface area contributed by atoms with Crippen LogP contribution in [0, 0.1) is 11.3 Å². The highest BCUT2D eigenvalue weighted by Crippen LogP contribution is 2.28. The Hall–Kier alpha value is -1.99. The number of nitrogens with zero attached hydrogens (tertiary/aromatic N) is 3. The second kappa shape index (κ2) is 10.6. The van der Waals surface area contributed by atoms with Gasteiger partial charge in [0.05, 0.1) is 11.7 Å². The molecule has 0 saturated heterocycles.